The lowest BCUT2D eigenvalue weighted by molar-refractivity contribution is 0.595. The van der Waals surface area contributed by atoms with Crippen molar-refractivity contribution >= 4 is 15.7 Å². The summed E-state index contributed by atoms with van der Waals surface area (Å²) in [5.41, 5.74) is 1.58. The molecule has 0 fully saturated rings. The zero-order valence-corrected chi connectivity index (χ0v) is 11.2. The zero-order chi connectivity index (χ0) is 13.9. The maximum Gasteiger partial charge on any atom is 0.261 e. The summed E-state index contributed by atoms with van der Waals surface area (Å²) in [6.45, 7) is 2.02. The minimum absolute atomic E-state index is 0.0907. The maximum atomic E-state index is 13.0. The van der Waals surface area contributed by atoms with Gasteiger partial charge in [0.15, 0.2) is 0 Å². The zero-order valence-electron chi connectivity index (χ0n) is 10.4. The van der Waals surface area contributed by atoms with E-state index < -0.39 is 15.8 Å². The molecule has 0 bridgehead atoms. The second-order valence-electron chi connectivity index (χ2n) is 4.11. The Balaban J connectivity index is 2.25. The van der Waals surface area contributed by atoms with Gasteiger partial charge in [0.1, 0.15) is 5.82 Å². The minimum Gasteiger partial charge on any atom is -0.280 e. The van der Waals surface area contributed by atoms with Crippen molar-refractivity contribution in [3.05, 3.63) is 59.9 Å². The van der Waals surface area contributed by atoms with E-state index in [0.717, 1.165) is 18.1 Å². The van der Waals surface area contributed by atoms with Gasteiger partial charge in [0.05, 0.1) is 4.90 Å². The van der Waals surface area contributed by atoms with Crippen molar-refractivity contribution in [2.24, 2.45) is 0 Å². The topological polar surface area (TPSA) is 46.2 Å². The summed E-state index contributed by atoms with van der Waals surface area (Å²) in [4.78, 5) is -0.0907. The first-order valence-electron chi connectivity index (χ1n) is 5.88. The molecule has 0 aliphatic carbocycles. The summed E-state index contributed by atoms with van der Waals surface area (Å²) in [5.74, 6) is -0.579. The third-order valence-electron chi connectivity index (χ3n) is 2.72. The molecule has 5 heteroatoms. The molecule has 2 aromatic carbocycles. The number of sulfonamides is 1. The maximum absolute atomic E-state index is 13.0. The summed E-state index contributed by atoms with van der Waals surface area (Å²) in [6.07, 6.45) is 0.886. The van der Waals surface area contributed by atoms with Crippen molar-refractivity contribution in [1.29, 1.82) is 0 Å². The normalized spacial score (nSPS) is 11.3. The number of halogens is 1. The molecule has 1 N–H and O–H groups in total. The molecule has 2 rings (SSSR count). The molecular formula is C14H14FNO2S. The summed E-state index contributed by atoms with van der Waals surface area (Å²) < 4.78 is 39.5. The fraction of sp³-hybridized carbons (Fsp3) is 0.143. The highest BCUT2D eigenvalue weighted by molar-refractivity contribution is 7.92. The van der Waals surface area contributed by atoms with Crippen LogP contribution in [0.4, 0.5) is 10.1 Å². The largest absolute Gasteiger partial charge is 0.280 e. The van der Waals surface area contributed by atoms with Gasteiger partial charge in [-0.25, -0.2) is 12.8 Å². The van der Waals surface area contributed by atoms with E-state index >= 15 is 0 Å². The second-order valence-corrected chi connectivity index (χ2v) is 5.80. The summed E-state index contributed by atoms with van der Waals surface area (Å²) in [5, 5.41) is 0. The minimum atomic E-state index is -3.75. The standard InChI is InChI=1S/C14H14FNO2S/c1-2-11-6-8-13(9-7-11)16-19(17,18)14-5-3-4-12(15)10-14/h3-10,16H,2H2,1H3. The first-order chi connectivity index (χ1) is 9.01. The van der Waals surface area contributed by atoms with Gasteiger partial charge in [0, 0.05) is 5.69 Å². The van der Waals surface area contributed by atoms with Crippen LogP contribution < -0.4 is 4.72 Å². The van der Waals surface area contributed by atoms with Crippen LogP contribution in [0, 0.1) is 5.82 Å². The fourth-order valence-electron chi connectivity index (χ4n) is 1.66. The van der Waals surface area contributed by atoms with Gasteiger partial charge in [-0.2, -0.15) is 0 Å². The lowest BCUT2D eigenvalue weighted by Gasteiger charge is -2.08. The smallest absolute Gasteiger partial charge is 0.261 e. The van der Waals surface area contributed by atoms with Crippen LogP contribution >= 0.6 is 0 Å². The second kappa shape index (κ2) is 5.40. The molecule has 0 saturated carbocycles. The van der Waals surface area contributed by atoms with Crippen molar-refractivity contribution in [1.82, 2.24) is 0 Å². The number of aryl methyl sites for hydroxylation is 1. The van der Waals surface area contributed by atoms with Crippen molar-refractivity contribution < 1.29 is 12.8 Å². The Morgan fingerprint density at radius 1 is 1.11 bits per heavy atom. The van der Waals surface area contributed by atoms with Crippen molar-refractivity contribution in [3.63, 3.8) is 0 Å². The molecule has 0 aromatic heterocycles. The van der Waals surface area contributed by atoms with Crippen LogP contribution in [-0.2, 0) is 16.4 Å². The lowest BCUT2D eigenvalue weighted by Crippen LogP contribution is -2.13. The first-order valence-corrected chi connectivity index (χ1v) is 7.37. The number of hydrogen-bond donors (Lipinski definition) is 1. The van der Waals surface area contributed by atoms with E-state index in [4.69, 9.17) is 0 Å². The quantitative estimate of drug-likeness (QED) is 0.934. The number of anilines is 1. The van der Waals surface area contributed by atoms with Gasteiger partial charge in [0.25, 0.3) is 10.0 Å². The number of hydrogen-bond acceptors (Lipinski definition) is 2. The van der Waals surface area contributed by atoms with Crippen LogP contribution in [0.5, 0.6) is 0 Å². The van der Waals surface area contributed by atoms with Gasteiger partial charge in [0.2, 0.25) is 0 Å². The summed E-state index contributed by atoms with van der Waals surface area (Å²) >= 11 is 0. The molecule has 0 heterocycles. The molecule has 2 aromatic rings. The van der Waals surface area contributed by atoms with Gasteiger partial charge in [-0.15, -0.1) is 0 Å². The van der Waals surface area contributed by atoms with Gasteiger partial charge < -0.3 is 0 Å². The Morgan fingerprint density at radius 3 is 2.37 bits per heavy atom. The van der Waals surface area contributed by atoms with E-state index in [2.05, 4.69) is 4.72 Å². The summed E-state index contributed by atoms with van der Waals surface area (Å²) in [6, 6.07) is 12.0. The number of benzene rings is 2. The SMILES string of the molecule is CCc1ccc(NS(=O)(=O)c2cccc(F)c2)cc1. The third kappa shape index (κ3) is 3.32. The molecule has 0 aliphatic rings. The van der Waals surface area contributed by atoms with Crippen LogP contribution in [0.25, 0.3) is 0 Å². The molecule has 3 nitrogen and oxygen atoms in total. The molecule has 0 aliphatic heterocycles. The van der Waals surface area contributed by atoms with Crippen LogP contribution in [0.3, 0.4) is 0 Å². The molecule has 0 spiro atoms. The average molecular weight is 279 g/mol. The Bertz CT molecular complexity index is 666. The Morgan fingerprint density at radius 2 is 1.79 bits per heavy atom. The van der Waals surface area contributed by atoms with Crippen LogP contribution in [0.15, 0.2) is 53.4 Å². The molecule has 0 saturated heterocycles. The highest BCUT2D eigenvalue weighted by Gasteiger charge is 2.14. The molecule has 0 radical (unpaired) electrons. The van der Waals surface area contributed by atoms with Crippen LogP contribution in [0.1, 0.15) is 12.5 Å². The highest BCUT2D eigenvalue weighted by Crippen LogP contribution is 2.17. The molecular weight excluding hydrogens is 265 g/mol. The van der Waals surface area contributed by atoms with E-state index in [1.54, 1.807) is 12.1 Å². The van der Waals surface area contributed by atoms with E-state index in [1.165, 1.54) is 18.2 Å². The Hall–Kier alpha value is -1.88. The molecule has 19 heavy (non-hydrogen) atoms. The monoisotopic (exact) mass is 279 g/mol. The van der Waals surface area contributed by atoms with Gasteiger partial charge in [-0.1, -0.05) is 25.1 Å². The van der Waals surface area contributed by atoms with E-state index in [1.807, 2.05) is 19.1 Å². The Kier molecular flexibility index (Phi) is 3.85. The van der Waals surface area contributed by atoms with Gasteiger partial charge in [-0.3, -0.25) is 4.72 Å². The van der Waals surface area contributed by atoms with Gasteiger partial charge >= 0.3 is 0 Å². The lowest BCUT2D eigenvalue weighted by atomic mass is 10.2. The Labute approximate surface area is 112 Å². The predicted octanol–water partition coefficient (Wildman–Crippen LogP) is 3.19. The van der Waals surface area contributed by atoms with Crippen molar-refractivity contribution in [2.45, 2.75) is 18.2 Å². The van der Waals surface area contributed by atoms with Crippen molar-refractivity contribution in [2.75, 3.05) is 4.72 Å². The van der Waals surface area contributed by atoms with Gasteiger partial charge in [-0.05, 0) is 42.3 Å². The number of rotatable bonds is 4. The molecule has 0 amide bonds. The molecule has 0 unspecified atom stereocenters. The summed E-state index contributed by atoms with van der Waals surface area (Å²) in [7, 11) is -3.75. The van der Waals surface area contributed by atoms with E-state index in [-0.39, 0.29) is 4.90 Å². The van der Waals surface area contributed by atoms with E-state index in [9.17, 15) is 12.8 Å². The average Bonchev–Trinajstić information content (AvgIpc) is 2.39. The molecule has 0 atom stereocenters. The fourth-order valence-corrected chi connectivity index (χ4v) is 2.75. The van der Waals surface area contributed by atoms with E-state index in [0.29, 0.717) is 5.69 Å². The highest BCUT2D eigenvalue weighted by atomic mass is 32.2. The van der Waals surface area contributed by atoms with Crippen LogP contribution in [0.2, 0.25) is 0 Å². The number of nitrogens with one attached hydrogen (secondary N) is 1. The molecule has 100 valence electrons. The third-order valence-corrected chi connectivity index (χ3v) is 4.10. The van der Waals surface area contributed by atoms with Crippen molar-refractivity contribution in [3.8, 4) is 0 Å². The predicted molar refractivity (Wildman–Crippen MR) is 73.0 cm³/mol. The van der Waals surface area contributed by atoms with Crippen LogP contribution in [-0.4, -0.2) is 8.42 Å². The first kappa shape index (κ1) is 13.5.